The molecule has 0 aliphatic heterocycles. The second kappa shape index (κ2) is 36.8. The van der Waals surface area contributed by atoms with Gasteiger partial charge in [0.1, 0.15) is 0 Å². The monoisotopic (exact) mass is 1880 g/mol. The molecule has 3 aliphatic rings. The molecular formula is C132H83N15. The van der Waals surface area contributed by atoms with Crippen molar-refractivity contribution in [3.8, 4) is 243 Å². The predicted molar refractivity (Wildman–Crippen MR) is 593 cm³/mol. The van der Waals surface area contributed by atoms with Crippen molar-refractivity contribution in [2.75, 3.05) is 0 Å². The lowest BCUT2D eigenvalue weighted by Gasteiger charge is -2.16. The average molecular weight is 1880 g/mol. The van der Waals surface area contributed by atoms with Crippen LogP contribution in [0.25, 0.3) is 275 Å². The molecule has 9 heterocycles. The lowest BCUT2D eigenvalue weighted by molar-refractivity contribution is 0.935. The summed E-state index contributed by atoms with van der Waals surface area (Å²) < 4.78 is 6.91. The lowest BCUT2D eigenvalue weighted by atomic mass is 9.93. The third-order valence-corrected chi connectivity index (χ3v) is 27.8. The summed E-state index contributed by atoms with van der Waals surface area (Å²) in [5.74, 6) is 5.56. The van der Waals surface area contributed by atoms with Crippen molar-refractivity contribution in [2.24, 2.45) is 0 Å². The molecule has 147 heavy (non-hydrogen) atoms. The van der Waals surface area contributed by atoms with Gasteiger partial charge in [0.05, 0.1) is 50.7 Å². The van der Waals surface area contributed by atoms with Crippen molar-refractivity contribution >= 4 is 32.7 Å². The van der Waals surface area contributed by atoms with E-state index in [1.165, 1.54) is 99.8 Å². The van der Waals surface area contributed by atoms with Crippen LogP contribution < -0.4 is 0 Å². The van der Waals surface area contributed by atoms with Crippen LogP contribution in [0.1, 0.15) is 0 Å². The SMILES string of the molecule is c1ccc(-c2nc(-c3ccccc3)nc(-c3ccc(-n4c(-c5ccccn5)c5c6c(cccc64)-c4ccccc4-c4ccccc4-5)cc3)n2)cc1.c1ccc(-c2nc(-c3ccccc3)nc(-c3cccc(-n4c(-c5ccccn5)c5c6c(cccc64)-c4ccccc4-c4ccccc4-5)c3)n2)cc1.c1ccc(-c2nc(-c3ccccc3)nc(-n3c(-c4ccccn4)c4c5c(cccc53)-c3ccccc3-c3ccccc3-4)n2)cc1. The van der Waals surface area contributed by atoms with Gasteiger partial charge in [0, 0.05) is 107 Å². The molecule has 0 unspecified atom stereocenters. The number of fused-ring (bicyclic) bond motifs is 15. The van der Waals surface area contributed by atoms with Gasteiger partial charge >= 0.3 is 0 Å². The third-order valence-electron chi connectivity index (χ3n) is 27.8. The third kappa shape index (κ3) is 15.2. The smallest absolute Gasteiger partial charge is 0.238 e. The summed E-state index contributed by atoms with van der Waals surface area (Å²) in [5.41, 5.74) is 40.0. The number of rotatable bonds is 14. The zero-order valence-electron chi connectivity index (χ0n) is 79.1. The molecule has 0 radical (unpaired) electrons. The van der Waals surface area contributed by atoms with Gasteiger partial charge in [0.15, 0.2) is 46.6 Å². The first-order chi connectivity index (χ1) is 73.0. The van der Waals surface area contributed by atoms with Gasteiger partial charge in [0.25, 0.3) is 0 Å². The van der Waals surface area contributed by atoms with Crippen LogP contribution in [-0.2, 0) is 0 Å². The quantitative estimate of drug-likeness (QED) is 0.101. The van der Waals surface area contributed by atoms with Crippen LogP contribution in [0, 0.1) is 0 Å². The van der Waals surface area contributed by atoms with Crippen molar-refractivity contribution in [1.82, 2.24) is 73.5 Å². The van der Waals surface area contributed by atoms with Gasteiger partial charge in [-0.3, -0.25) is 19.5 Å². The first-order valence-electron chi connectivity index (χ1n) is 49.2. The molecule has 17 aromatic carbocycles. The van der Waals surface area contributed by atoms with Gasteiger partial charge in [0.2, 0.25) is 5.95 Å². The molecule has 0 saturated heterocycles. The predicted octanol–water partition coefficient (Wildman–Crippen LogP) is 31.9. The molecule has 0 bridgehead atoms. The number of hydrogen-bond acceptors (Lipinski definition) is 12. The van der Waals surface area contributed by atoms with E-state index in [2.05, 4.69) is 293 Å². The molecule has 0 atom stereocenters. The second-order valence-corrected chi connectivity index (χ2v) is 36.4. The Kier molecular flexibility index (Phi) is 21.5. The van der Waals surface area contributed by atoms with E-state index in [1.807, 2.05) is 225 Å². The van der Waals surface area contributed by atoms with Crippen LogP contribution in [0.5, 0.6) is 0 Å². The number of pyridine rings is 3. The molecule has 0 saturated carbocycles. The van der Waals surface area contributed by atoms with Gasteiger partial charge in [-0.25, -0.2) is 34.9 Å². The summed E-state index contributed by atoms with van der Waals surface area (Å²) in [7, 11) is 0. The minimum absolute atomic E-state index is 0.545. The van der Waals surface area contributed by atoms with Crippen LogP contribution in [0.3, 0.4) is 0 Å². The highest BCUT2D eigenvalue weighted by Gasteiger charge is 2.35. The minimum atomic E-state index is 0.545. The van der Waals surface area contributed by atoms with Gasteiger partial charge < -0.3 is 9.13 Å². The van der Waals surface area contributed by atoms with Crippen molar-refractivity contribution in [1.29, 1.82) is 0 Å². The van der Waals surface area contributed by atoms with Gasteiger partial charge in [-0.1, -0.05) is 394 Å². The number of hydrogen-bond donors (Lipinski definition) is 0. The zero-order valence-corrected chi connectivity index (χ0v) is 79.1. The highest BCUT2D eigenvalue weighted by Crippen LogP contribution is 2.58. The van der Waals surface area contributed by atoms with Crippen LogP contribution in [0.4, 0.5) is 0 Å². The molecular weight excluding hydrogens is 1800 g/mol. The van der Waals surface area contributed by atoms with Crippen molar-refractivity contribution in [2.45, 2.75) is 0 Å². The molecule has 26 aromatic rings. The van der Waals surface area contributed by atoms with Gasteiger partial charge in [-0.15, -0.1) is 0 Å². The molecule has 15 nitrogen and oxygen atoms in total. The normalized spacial score (nSPS) is 11.5. The van der Waals surface area contributed by atoms with Crippen LogP contribution in [-0.4, -0.2) is 73.5 Å². The van der Waals surface area contributed by atoms with E-state index in [0.717, 1.165) is 123 Å². The Labute approximate surface area is 847 Å². The molecule has 15 heteroatoms. The van der Waals surface area contributed by atoms with E-state index in [-0.39, 0.29) is 0 Å². The first kappa shape index (κ1) is 86.0. The molecule has 686 valence electrons. The molecule has 9 aromatic heterocycles. The molecule has 0 amide bonds. The largest absolute Gasteiger partial charge is 0.307 e. The summed E-state index contributed by atoms with van der Waals surface area (Å²) in [6.45, 7) is 0. The molecule has 0 fully saturated rings. The van der Waals surface area contributed by atoms with E-state index in [1.54, 1.807) is 0 Å². The topological polar surface area (TPSA) is 169 Å². The lowest BCUT2D eigenvalue weighted by Crippen LogP contribution is -2.08. The Balaban J connectivity index is 0.000000109. The van der Waals surface area contributed by atoms with Crippen LogP contribution >= 0.6 is 0 Å². The first-order valence-corrected chi connectivity index (χ1v) is 49.2. The van der Waals surface area contributed by atoms with Crippen LogP contribution in [0.2, 0.25) is 0 Å². The van der Waals surface area contributed by atoms with E-state index in [9.17, 15) is 0 Å². The Morgan fingerprint density at radius 3 is 0.660 bits per heavy atom. The van der Waals surface area contributed by atoms with Crippen molar-refractivity contribution < 1.29 is 0 Å². The molecule has 3 aliphatic carbocycles. The summed E-state index contributed by atoms with van der Waals surface area (Å²) in [4.78, 5) is 60.0. The highest BCUT2D eigenvalue weighted by atomic mass is 15.2. The van der Waals surface area contributed by atoms with Gasteiger partial charge in [-0.2, -0.15) is 9.97 Å². The fraction of sp³-hybridized carbons (Fsp3) is 0. The van der Waals surface area contributed by atoms with E-state index < -0.39 is 0 Å². The number of aromatic nitrogens is 15. The minimum Gasteiger partial charge on any atom is -0.307 e. The fourth-order valence-corrected chi connectivity index (χ4v) is 21.4. The Bertz CT molecular complexity index is 9390. The van der Waals surface area contributed by atoms with Crippen molar-refractivity contribution in [3.05, 3.63) is 504 Å². The Hall–Kier alpha value is -20.2. The summed E-state index contributed by atoms with van der Waals surface area (Å²) in [6, 6.07) is 168. The zero-order chi connectivity index (χ0) is 97.2. The van der Waals surface area contributed by atoms with E-state index in [0.29, 0.717) is 52.5 Å². The van der Waals surface area contributed by atoms with E-state index in [4.69, 9.17) is 59.8 Å². The molecule has 0 spiro atoms. The van der Waals surface area contributed by atoms with Crippen molar-refractivity contribution in [3.63, 3.8) is 0 Å². The Morgan fingerprint density at radius 1 is 0.143 bits per heavy atom. The van der Waals surface area contributed by atoms with E-state index >= 15 is 0 Å². The number of benzene rings is 17. The highest BCUT2D eigenvalue weighted by molar-refractivity contribution is 6.21. The van der Waals surface area contributed by atoms with Crippen LogP contribution in [0.15, 0.2) is 504 Å². The van der Waals surface area contributed by atoms with Gasteiger partial charge in [-0.05, 0) is 174 Å². The maximum atomic E-state index is 5.17. The maximum Gasteiger partial charge on any atom is 0.238 e. The second-order valence-electron chi connectivity index (χ2n) is 36.4. The summed E-state index contributed by atoms with van der Waals surface area (Å²) >= 11 is 0. The summed E-state index contributed by atoms with van der Waals surface area (Å²) in [5, 5.41) is 3.58. The maximum absolute atomic E-state index is 5.17. The summed E-state index contributed by atoms with van der Waals surface area (Å²) in [6.07, 6.45) is 5.60. The average Bonchev–Trinajstić information content (AvgIpc) is 1.56. The Morgan fingerprint density at radius 2 is 0.361 bits per heavy atom. The fourth-order valence-electron chi connectivity index (χ4n) is 21.4. The number of nitrogens with zero attached hydrogens (tertiary/aromatic N) is 15. The molecule has 29 rings (SSSR count). The standard InChI is InChI=1S/2C46H29N5.C40H25N5/c1-3-15-30(16-4-1)44-48-45(31-17-5-2-6-18-31)50-46(49-44)32-19-13-20-33(29-32)51-40-27-14-25-37-35-22-8-7-21-34(35)36-23-9-10-24-38(36)42(41(37)40)43(51)39-26-11-12-28-47-39;1-3-14-30(15-4-1)44-48-45(31-16-5-2-6-17-31)50-46(49-44)32-25-27-33(28-26-32)51-40-24-13-22-37-35-19-8-7-18-34(35)36-20-9-10-21-38(36)42(41(37)40)43(51)39-23-11-12-29-47-39;1-3-14-26(15-4-1)38-42-39(27-16-5-2-6-17-27)44-40(43-38)45-34-24-13-22-31-29-19-8-7-18-28(29)30-20-9-10-21-32(30)36(35(31)34)37(45)33-23-11-12-25-41-33/h2*1-29H;1-25H. The molecule has 0 N–H and O–H groups in total.